The molecular weight excluding hydrogens is 204 g/mol. The molecule has 0 radical (unpaired) electrons. The van der Waals surface area contributed by atoms with Gasteiger partial charge in [-0.2, -0.15) is 4.98 Å². The van der Waals surface area contributed by atoms with Crippen LogP contribution in [0.5, 0.6) is 0 Å². The van der Waals surface area contributed by atoms with Crippen LogP contribution in [0.4, 0.5) is 5.95 Å². The molecule has 5 heteroatoms. The maximum absolute atomic E-state index is 5.30. The fourth-order valence-corrected chi connectivity index (χ4v) is 2.52. The van der Waals surface area contributed by atoms with E-state index >= 15 is 0 Å². The lowest BCUT2D eigenvalue weighted by molar-refractivity contribution is 0.363. The molecule has 0 spiro atoms. The SMILES string of the molecule is C1CNC(Cc2nc(N3CCCC3)no2)C1. The Morgan fingerprint density at radius 2 is 2.19 bits per heavy atom. The van der Waals surface area contributed by atoms with Crippen LogP contribution < -0.4 is 10.2 Å². The van der Waals surface area contributed by atoms with Crippen LogP contribution in [0.15, 0.2) is 4.52 Å². The standard InChI is InChI=1S/C11H18N4O/c1-2-7-15(6-1)11-13-10(16-14-11)8-9-4-3-5-12-9/h9,12H,1-8H2. The van der Waals surface area contributed by atoms with Gasteiger partial charge >= 0.3 is 0 Å². The van der Waals surface area contributed by atoms with Crippen molar-refractivity contribution in [2.75, 3.05) is 24.5 Å². The fraction of sp³-hybridized carbons (Fsp3) is 0.818. The smallest absolute Gasteiger partial charge is 0.266 e. The molecular formula is C11H18N4O. The molecule has 0 amide bonds. The first kappa shape index (κ1) is 10.1. The second-order valence-corrected chi connectivity index (χ2v) is 4.68. The molecule has 2 fully saturated rings. The molecule has 3 rings (SSSR count). The van der Waals surface area contributed by atoms with Gasteiger partial charge in [0.25, 0.3) is 5.95 Å². The normalized spacial score (nSPS) is 25.5. The first-order chi connectivity index (χ1) is 7.92. The Balaban J connectivity index is 1.62. The third-order valence-corrected chi connectivity index (χ3v) is 3.43. The zero-order valence-corrected chi connectivity index (χ0v) is 9.48. The molecule has 0 aliphatic carbocycles. The Bertz CT molecular complexity index is 340. The number of hydrogen-bond acceptors (Lipinski definition) is 5. The van der Waals surface area contributed by atoms with Gasteiger partial charge in [-0.25, -0.2) is 0 Å². The molecule has 16 heavy (non-hydrogen) atoms. The molecule has 1 unspecified atom stereocenters. The van der Waals surface area contributed by atoms with Crippen LogP contribution in [0.2, 0.25) is 0 Å². The average molecular weight is 222 g/mol. The van der Waals surface area contributed by atoms with E-state index in [0.29, 0.717) is 6.04 Å². The van der Waals surface area contributed by atoms with Gasteiger partial charge in [0, 0.05) is 25.6 Å². The van der Waals surface area contributed by atoms with Crippen molar-refractivity contribution in [2.45, 2.75) is 38.1 Å². The van der Waals surface area contributed by atoms with Crippen molar-refractivity contribution in [3.8, 4) is 0 Å². The minimum atomic E-state index is 0.534. The number of nitrogens with one attached hydrogen (secondary N) is 1. The van der Waals surface area contributed by atoms with Crippen molar-refractivity contribution < 1.29 is 4.52 Å². The average Bonchev–Trinajstić information content (AvgIpc) is 2.99. The van der Waals surface area contributed by atoms with Crippen LogP contribution in [-0.2, 0) is 6.42 Å². The maximum Gasteiger partial charge on any atom is 0.266 e. The maximum atomic E-state index is 5.30. The van der Waals surface area contributed by atoms with Gasteiger partial charge in [-0.05, 0) is 37.4 Å². The summed E-state index contributed by atoms with van der Waals surface area (Å²) in [5, 5.41) is 7.49. The monoisotopic (exact) mass is 222 g/mol. The van der Waals surface area contributed by atoms with Gasteiger partial charge in [-0.1, -0.05) is 0 Å². The number of nitrogens with zero attached hydrogens (tertiary/aromatic N) is 3. The van der Waals surface area contributed by atoms with Crippen molar-refractivity contribution in [1.82, 2.24) is 15.5 Å². The quantitative estimate of drug-likeness (QED) is 0.825. The minimum Gasteiger partial charge on any atom is -0.338 e. The minimum absolute atomic E-state index is 0.534. The molecule has 2 aliphatic heterocycles. The Hall–Kier alpha value is -1.10. The first-order valence-electron chi connectivity index (χ1n) is 6.23. The Kier molecular flexibility index (Phi) is 2.78. The second kappa shape index (κ2) is 4.41. The highest BCUT2D eigenvalue weighted by molar-refractivity contribution is 5.28. The van der Waals surface area contributed by atoms with Gasteiger partial charge in [-0.15, -0.1) is 0 Å². The summed E-state index contributed by atoms with van der Waals surface area (Å²) < 4.78 is 5.30. The number of hydrogen-bond donors (Lipinski definition) is 1. The molecule has 1 N–H and O–H groups in total. The summed E-state index contributed by atoms with van der Waals surface area (Å²) in [6.07, 6.45) is 5.85. The third-order valence-electron chi connectivity index (χ3n) is 3.43. The van der Waals surface area contributed by atoms with E-state index < -0.39 is 0 Å². The summed E-state index contributed by atoms with van der Waals surface area (Å²) >= 11 is 0. The van der Waals surface area contributed by atoms with Crippen LogP contribution in [0.25, 0.3) is 0 Å². The van der Waals surface area contributed by atoms with Crippen molar-refractivity contribution >= 4 is 5.95 Å². The van der Waals surface area contributed by atoms with Gasteiger partial charge in [0.2, 0.25) is 5.89 Å². The van der Waals surface area contributed by atoms with Crippen LogP contribution in [0, 0.1) is 0 Å². The summed E-state index contributed by atoms with van der Waals surface area (Å²) in [4.78, 5) is 6.67. The molecule has 0 saturated carbocycles. The zero-order chi connectivity index (χ0) is 10.8. The van der Waals surface area contributed by atoms with Crippen LogP contribution >= 0.6 is 0 Å². The largest absolute Gasteiger partial charge is 0.338 e. The lowest BCUT2D eigenvalue weighted by atomic mass is 10.2. The predicted octanol–water partition coefficient (Wildman–Crippen LogP) is 0.964. The summed E-state index contributed by atoms with van der Waals surface area (Å²) in [5.74, 6) is 1.56. The van der Waals surface area contributed by atoms with Gasteiger partial charge in [0.15, 0.2) is 0 Å². The van der Waals surface area contributed by atoms with E-state index in [1.54, 1.807) is 0 Å². The highest BCUT2D eigenvalue weighted by atomic mass is 16.5. The summed E-state index contributed by atoms with van der Waals surface area (Å²) in [6.45, 7) is 3.26. The van der Waals surface area contributed by atoms with Crippen molar-refractivity contribution in [2.24, 2.45) is 0 Å². The first-order valence-corrected chi connectivity index (χ1v) is 6.23. The van der Waals surface area contributed by atoms with E-state index in [4.69, 9.17) is 4.52 Å². The van der Waals surface area contributed by atoms with Gasteiger partial charge in [0.1, 0.15) is 0 Å². The molecule has 2 saturated heterocycles. The van der Waals surface area contributed by atoms with Gasteiger partial charge < -0.3 is 14.7 Å². The zero-order valence-electron chi connectivity index (χ0n) is 9.48. The van der Waals surface area contributed by atoms with E-state index in [-0.39, 0.29) is 0 Å². The predicted molar refractivity (Wildman–Crippen MR) is 60.5 cm³/mol. The highest BCUT2D eigenvalue weighted by Gasteiger charge is 2.21. The summed E-state index contributed by atoms with van der Waals surface area (Å²) in [5.41, 5.74) is 0. The Morgan fingerprint density at radius 3 is 2.94 bits per heavy atom. The Morgan fingerprint density at radius 1 is 1.31 bits per heavy atom. The number of anilines is 1. The van der Waals surface area contributed by atoms with E-state index in [9.17, 15) is 0 Å². The molecule has 1 aromatic rings. The highest BCUT2D eigenvalue weighted by Crippen LogP contribution is 2.18. The molecule has 5 nitrogen and oxygen atoms in total. The Labute approximate surface area is 95.2 Å². The molecule has 3 heterocycles. The second-order valence-electron chi connectivity index (χ2n) is 4.68. The molecule has 0 bridgehead atoms. The lowest BCUT2D eigenvalue weighted by Crippen LogP contribution is -2.24. The van der Waals surface area contributed by atoms with E-state index in [1.807, 2.05) is 0 Å². The van der Waals surface area contributed by atoms with Crippen molar-refractivity contribution in [3.63, 3.8) is 0 Å². The van der Waals surface area contributed by atoms with Crippen molar-refractivity contribution in [1.29, 1.82) is 0 Å². The van der Waals surface area contributed by atoms with Crippen LogP contribution in [0.1, 0.15) is 31.6 Å². The molecule has 88 valence electrons. The molecule has 1 atom stereocenters. The van der Waals surface area contributed by atoms with E-state index in [0.717, 1.165) is 37.9 Å². The van der Waals surface area contributed by atoms with E-state index in [1.165, 1.54) is 25.7 Å². The van der Waals surface area contributed by atoms with Gasteiger partial charge in [0.05, 0.1) is 0 Å². The number of rotatable bonds is 3. The third kappa shape index (κ3) is 2.04. The van der Waals surface area contributed by atoms with Crippen molar-refractivity contribution in [3.05, 3.63) is 5.89 Å². The molecule has 1 aromatic heterocycles. The number of aromatic nitrogens is 2. The van der Waals surface area contributed by atoms with Gasteiger partial charge in [-0.3, -0.25) is 0 Å². The summed E-state index contributed by atoms with van der Waals surface area (Å²) in [6, 6.07) is 0.534. The van der Waals surface area contributed by atoms with Crippen LogP contribution in [-0.4, -0.2) is 35.8 Å². The molecule has 2 aliphatic rings. The lowest BCUT2D eigenvalue weighted by Gasteiger charge is -2.10. The molecule has 0 aromatic carbocycles. The topological polar surface area (TPSA) is 54.2 Å². The summed E-state index contributed by atoms with van der Waals surface area (Å²) in [7, 11) is 0. The van der Waals surface area contributed by atoms with Crippen LogP contribution in [0.3, 0.4) is 0 Å². The fourth-order valence-electron chi connectivity index (χ4n) is 2.52. The van der Waals surface area contributed by atoms with E-state index in [2.05, 4.69) is 20.4 Å².